The maximum atomic E-state index is 12.4. The van der Waals surface area contributed by atoms with Crippen LogP contribution in [0.15, 0.2) is 52.2 Å². The summed E-state index contributed by atoms with van der Waals surface area (Å²) in [5.74, 6) is 1.74. The van der Waals surface area contributed by atoms with Crippen molar-refractivity contribution in [3.63, 3.8) is 0 Å². The first kappa shape index (κ1) is 17.9. The van der Waals surface area contributed by atoms with Crippen LogP contribution in [0.2, 0.25) is 0 Å². The number of nitrogens with one attached hydrogen (secondary N) is 1. The van der Waals surface area contributed by atoms with Gasteiger partial charge in [-0.1, -0.05) is 36.0 Å². The molecule has 1 atom stereocenters. The van der Waals surface area contributed by atoms with Gasteiger partial charge in [0.15, 0.2) is 16.7 Å². The summed E-state index contributed by atoms with van der Waals surface area (Å²) in [5, 5.41) is 12.3. The summed E-state index contributed by atoms with van der Waals surface area (Å²) in [4.78, 5) is 12.4. The number of nitrogens with zero attached hydrogens (tertiary/aromatic N) is 3. The van der Waals surface area contributed by atoms with Gasteiger partial charge in [0.05, 0.1) is 12.0 Å². The summed E-state index contributed by atoms with van der Waals surface area (Å²) in [6, 6.07) is 12.4. The molecule has 1 N–H and O–H groups in total. The first-order valence-corrected chi connectivity index (χ1v) is 10.2. The molecular weight excluding hydrogens is 360 g/mol. The van der Waals surface area contributed by atoms with Crippen LogP contribution in [0.25, 0.3) is 11.6 Å². The average molecular weight is 382 g/mol. The molecule has 1 aliphatic rings. The van der Waals surface area contributed by atoms with E-state index in [1.165, 1.54) is 22.9 Å². The number of rotatable bonds is 6. The van der Waals surface area contributed by atoms with Gasteiger partial charge in [0.1, 0.15) is 0 Å². The smallest absolute Gasteiger partial charge is 0.230 e. The van der Waals surface area contributed by atoms with E-state index in [-0.39, 0.29) is 11.9 Å². The van der Waals surface area contributed by atoms with Crippen molar-refractivity contribution in [3.8, 4) is 11.6 Å². The van der Waals surface area contributed by atoms with Crippen LogP contribution in [0.4, 0.5) is 0 Å². The molecule has 2 aromatic heterocycles. The van der Waals surface area contributed by atoms with Gasteiger partial charge in [0.2, 0.25) is 5.91 Å². The number of amides is 1. The van der Waals surface area contributed by atoms with E-state index in [1.807, 2.05) is 23.6 Å². The number of fused-ring (bicyclic) bond motifs is 1. The van der Waals surface area contributed by atoms with Crippen molar-refractivity contribution in [1.29, 1.82) is 0 Å². The number of hydrogen-bond acceptors (Lipinski definition) is 5. The molecule has 0 radical (unpaired) electrons. The van der Waals surface area contributed by atoms with Gasteiger partial charge in [0, 0.05) is 12.6 Å². The molecule has 0 aliphatic heterocycles. The second-order valence-corrected chi connectivity index (χ2v) is 7.53. The van der Waals surface area contributed by atoms with Gasteiger partial charge >= 0.3 is 0 Å². The van der Waals surface area contributed by atoms with Crippen LogP contribution in [0, 0.1) is 0 Å². The van der Waals surface area contributed by atoms with Gasteiger partial charge in [-0.2, -0.15) is 0 Å². The van der Waals surface area contributed by atoms with E-state index in [2.05, 4.69) is 39.8 Å². The van der Waals surface area contributed by atoms with Crippen molar-refractivity contribution in [1.82, 2.24) is 20.1 Å². The number of benzene rings is 1. The normalized spacial score (nSPS) is 16.1. The van der Waals surface area contributed by atoms with Gasteiger partial charge in [-0.25, -0.2) is 0 Å². The minimum Gasteiger partial charge on any atom is -0.461 e. The molecule has 1 unspecified atom stereocenters. The zero-order valence-electron chi connectivity index (χ0n) is 15.2. The van der Waals surface area contributed by atoms with E-state index in [9.17, 15) is 4.79 Å². The lowest BCUT2D eigenvalue weighted by atomic mass is 9.88. The third kappa shape index (κ3) is 3.93. The Kier molecular flexibility index (Phi) is 5.29. The number of hydrogen-bond donors (Lipinski definition) is 1. The van der Waals surface area contributed by atoms with Crippen molar-refractivity contribution in [2.45, 2.75) is 43.9 Å². The van der Waals surface area contributed by atoms with Crippen LogP contribution in [-0.2, 0) is 24.2 Å². The predicted octanol–water partition coefficient (Wildman–Crippen LogP) is 3.32. The highest BCUT2D eigenvalue weighted by molar-refractivity contribution is 7.99. The standard InChI is InChI=1S/C20H22N4O2S/c1-2-24-19(17-8-5-11-26-17)22-23-20(24)27-13-18(25)21-16-10-9-14-6-3-4-7-15(14)12-16/h3-8,11,16H,2,9-10,12-13H2,1H3,(H,21,25). The molecule has 0 bridgehead atoms. The molecule has 2 heterocycles. The quantitative estimate of drug-likeness (QED) is 0.662. The van der Waals surface area contributed by atoms with Gasteiger partial charge in [0.25, 0.3) is 0 Å². The summed E-state index contributed by atoms with van der Waals surface area (Å²) in [7, 11) is 0. The number of thioether (sulfide) groups is 1. The Morgan fingerprint density at radius 1 is 1.26 bits per heavy atom. The fraction of sp³-hybridized carbons (Fsp3) is 0.350. The van der Waals surface area contributed by atoms with Crippen molar-refractivity contribution in [2.75, 3.05) is 5.75 Å². The van der Waals surface area contributed by atoms with Crippen LogP contribution in [0.5, 0.6) is 0 Å². The fourth-order valence-electron chi connectivity index (χ4n) is 3.49. The largest absolute Gasteiger partial charge is 0.461 e. The molecule has 1 amide bonds. The summed E-state index contributed by atoms with van der Waals surface area (Å²) in [6.07, 6.45) is 4.53. The van der Waals surface area contributed by atoms with Crippen LogP contribution in [0.3, 0.4) is 0 Å². The minimum atomic E-state index is 0.0367. The first-order valence-electron chi connectivity index (χ1n) is 9.20. The number of carbonyl (C=O) groups excluding carboxylic acids is 1. The maximum absolute atomic E-state index is 12.4. The molecule has 1 aliphatic carbocycles. The van der Waals surface area contributed by atoms with Gasteiger partial charge in [-0.3, -0.25) is 9.36 Å². The second-order valence-electron chi connectivity index (χ2n) is 6.59. The molecule has 6 nitrogen and oxygen atoms in total. The molecule has 0 saturated carbocycles. The lowest BCUT2D eigenvalue weighted by Gasteiger charge is -2.25. The van der Waals surface area contributed by atoms with Crippen LogP contribution in [0.1, 0.15) is 24.5 Å². The minimum absolute atomic E-state index is 0.0367. The van der Waals surface area contributed by atoms with E-state index in [0.717, 1.165) is 24.4 Å². The lowest BCUT2D eigenvalue weighted by molar-refractivity contribution is -0.119. The highest BCUT2D eigenvalue weighted by Crippen LogP contribution is 2.25. The van der Waals surface area contributed by atoms with Crippen LogP contribution < -0.4 is 5.32 Å². The summed E-state index contributed by atoms with van der Waals surface area (Å²) >= 11 is 1.41. The monoisotopic (exact) mass is 382 g/mol. The number of furan rings is 1. The second kappa shape index (κ2) is 8.00. The Hall–Kier alpha value is -2.54. The Balaban J connectivity index is 1.35. The van der Waals surface area contributed by atoms with E-state index >= 15 is 0 Å². The fourth-order valence-corrected chi connectivity index (χ4v) is 4.30. The number of aryl methyl sites for hydroxylation is 1. The SMILES string of the molecule is CCn1c(SCC(=O)NC2CCc3ccccc3C2)nnc1-c1ccco1. The zero-order chi connectivity index (χ0) is 18.6. The molecule has 0 saturated heterocycles. The van der Waals surface area contributed by atoms with Gasteiger partial charge < -0.3 is 9.73 Å². The van der Waals surface area contributed by atoms with Crippen molar-refractivity contribution >= 4 is 17.7 Å². The Morgan fingerprint density at radius 2 is 2.11 bits per heavy atom. The highest BCUT2D eigenvalue weighted by atomic mass is 32.2. The lowest BCUT2D eigenvalue weighted by Crippen LogP contribution is -2.39. The third-order valence-electron chi connectivity index (χ3n) is 4.82. The molecule has 27 heavy (non-hydrogen) atoms. The van der Waals surface area contributed by atoms with E-state index in [0.29, 0.717) is 23.9 Å². The predicted molar refractivity (Wildman–Crippen MR) is 105 cm³/mol. The molecule has 0 fully saturated rings. The van der Waals surface area contributed by atoms with Crippen molar-refractivity contribution in [3.05, 3.63) is 53.8 Å². The van der Waals surface area contributed by atoms with Crippen LogP contribution in [-0.4, -0.2) is 32.5 Å². The molecule has 4 rings (SSSR count). The topological polar surface area (TPSA) is 73.0 Å². The van der Waals surface area contributed by atoms with E-state index in [4.69, 9.17) is 4.42 Å². The molecule has 140 valence electrons. The van der Waals surface area contributed by atoms with E-state index < -0.39 is 0 Å². The number of aromatic nitrogens is 3. The van der Waals surface area contributed by atoms with Crippen molar-refractivity contribution in [2.24, 2.45) is 0 Å². The molecule has 7 heteroatoms. The summed E-state index contributed by atoms with van der Waals surface area (Å²) in [5.41, 5.74) is 2.74. The molecule has 3 aromatic rings. The van der Waals surface area contributed by atoms with Crippen molar-refractivity contribution < 1.29 is 9.21 Å². The summed E-state index contributed by atoms with van der Waals surface area (Å²) in [6.45, 7) is 2.74. The molecule has 1 aromatic carbocycles. The van der Waals surface area contributed by atoms with Crippen LogP contribution >= 0.6 is 11.8 Å². The highest BCUT2D eigenvalue weighted by Gasteiger charge is 2.21. The average Bonchev–Trinajstić information content (AvgIpc) is 3.35. The van der Waals surface area contributed by atoms with Gasteiger partial charge in [-0.15, -0.1) is 10.2 Å². The molecular formula is C20H22N4O2S. The first-order chi connectivity index (χ1) is 13.2. The summed E-state index contributed by atoms with van der Waals surface area (Å²) < 4.78 is 7.38. The molecule has 0 spiro atoms. The Morgan fingerprint density at radius 3 is 2.89 bits per heavy atom. The zero-order valence-corrected chi connectivity index (χ0v) is 16.0. The van der Waals surface area contributed by atoms with Gasteiger partial charge in [-0.05, 0) is 49.4 Å². The Labute approximate surface area is 162 Å². The third-order valence-corrected chi connectivity index (χ3v) is 5.79. The van der Waals surface area contributed by atoms with E-state index in [1.54, 1.807) is 6.26 Å². The number of carbonyl (C=O) groups is 1. The Bertz CT molecular complexity index is 920. The maximum Gasteiger partial charge on any atom is 0.230 e.